The average molecular weight is 310 g/mol. The van der Waals surface area contributed by atoms with Crippen molar-refractivity contribution >= 4 is 15.7 Å². The van der Waals surface area contributed by atoms with E-state index in [-0.39, 0.29) is 10.8 Å². The maximum absolute atomic E-state index is 12.5. The number of carbonyl (C=O) groups is 1. The zero-order chi connectivity index (χ0) is 15.5. The molecule has 0 saturated carbocycles. The van der Waals surface area contributed by atoms with E-state index in [9.17, 15) is 13.2 Å². The molecule has 0 aliphatic carbocycles. The quantitative estimate of drug-likeness (QED) is 0.910. The maximum atomic E-state index is 12.5. The fraction of sp³-hybridized carbons (Fsp3) is 0.533. The molecule has 0 radical (unpaired) electrons. The van der Waals surface area contributed by atoms with Gasteiger partial charge in [0.05, 0.1) is 4.90 Å². The van der Waals surface area contributed by atoms with Crippen LogP contribution in [0.3, 0.4) is 0 Å². The summed E-state index contributed by atoms with van der Waals surface area (Å²) in [5.41, 5.74) is 0.444. The van der Waals surface area contributed by atoms with Crippen molar-refractivity contribution in [3.63, 3.8) is 0 Å². The lowest BCUT2D eigenvalue weighted by atomic mass is 10.0. The van der Waals surface area contributed by atoms with E-state index >= 15 is 0 Å². The van der Waals surface area contributed by atoms with Crippen LogP contribution >= 0.6 is 0 Å². The molecule has 0 unspecified atom stereocenters. The molecule has 1 aromatic carbocycles. The first-order valence-corrected chi connectivity index (χ1v) is 9.13. The van der Waals surface area contributed by atoms with E-state index in [1.165, 1.54) is 12.1 Å². The Labute approximate surface area is 126 Å². The number of sulfone groups is 1. The van der Waals surface area contributed by atoms with Crippen LogP contribution in [0.2, 0.25) is 0 Å². The van der Waals surface area contributed by atoms with Crippen LogP contribution in [0.1, 0.15) is 30.1 Å². The Morgan fingerprint density at radius 1 is 1.33 bits per heavy atom. The first-order chi connectivity index (χ1) is 9.91. The molecule has 1 aliphatic rings. The SMILES string of the molecule is CCNC1CCN(C(=O)c2cccc(S(C)(=O)=O)c2)CC1. The molecule has 2 rings (SSSR count). The monoisotopic (exact) mass is 310 g/mol. The highest BCUT2D eigenvalue weighted by Crippen LogP contribution is 2.17. The first kappa shape index (κ1) is 16.0. The van der Waals surface area contributed by atoms with Crippen LogP contribution in [-0.2, 0) is 9.84 Å². The van der Waals surface area contributed by atoms with E-state index in [1.54, 1.807) is 17.0 Å². The summed E-state index contributed by atoms with van der Waals surface area (Å²) in [7, 11) is -3.29. The molecular weight excluding hydrogens is 288 g/mol. The summed E-state index contributed by atoms with van der Waals surface area (Å²) >= 11 is 0. The summed E-state index contributed by atoms with van der Waals surface area (Å²) in [6.45, 7) is 4.43. The van der Waals surface area contributed by atoms with Crippen LogP contribution < -0.4 is 5.32 Å². The number of nitrogens with one attached hydrogen (secondary N) is 1. The van der Waals surface area contributed by atoms with Gasteiger partial charge in [0.1, 0.15) is 0 Å². The number of rotatable bonds is 4. The average Bonchev–Trinajstić information content (AvgIpc) is 2.47. The standard InChI is InChI=1S/C15H22N2O3S/c1-3-16-13-7-9-17(10-8-13)15(18)12-5-4-6-14(11-12)21(2,19)20/h4-6,11,13,16H,3,7-10H2,1-2H3. The molecule has 1 N–H and O–H groups in total. The fourth-order valence-corrected chi connectivity index (χ4v) is 3.28. The third-order valence-electron chi connectivity index (χ3n) is 3.78. The molecule has 1 heterocycles. The van der Waals surface area contributed by atoms with Crippen LogP contribution in [-0.4, -0.2) is 51.2 Å². The number of hydrogen-bond donors (Lipinski definition) is 1. The number of likely N-dealkylation sites (tertiary alicyclic amines) is 1. The van der Waals surface area contributed by atoms with E-state index < -0.39 is 9.84 Å². The molecule has 1 aliphatic heterocycles. The zero-order valence-corrected chi connectivity index (χ0v) is 13.3. The lowest BCUT2D eigenvalue weighted by Gasteiger charge is -2.32. The van der Waals surface area contributed by atoms with Gasteiger partial charge in [-0.3, -0.25) is 4.79 Å². The lowest BCUT2D eigenvalue weighted by molar-refractivity contribution is 0.0705. The van der Waals surface area contributed by atoms with Gasteiger partial charge in [0.2, 0.25) is 0 Å². The topological polar surface area (TPSA) is 66.5 Å². The van der Waals surface area contributed by atoms with Gasteiger partial charge in [-0.2, -0.15) is 0 Å². The molecule has 1 saturated heterocycles. The second-order valence-corrected chi connectivity index (χ2v) is 7.44. The van der Waals surface area contributed by atoms with Crippen molar-refractivity contribution in [2.45, 2.75) is 30.7 Å². The van der Waals surface area contributed by atoms with Crippen molar-refractivity contribution in [3.05, 3.63) is 29.8 Å². The van der Waals surface area contributed by atoms with E-state index in [4.69, 9.17) is 0 Å². The summed E-state index contributed by atoms with van der Waals surface area (Å²) in [6.07, 6.45) is 3.02. The molecule has 5 nitrogen and oxygen atoms in total. The molecule has 1 fully saturated rings. The summed E-state index contributed by atoms with van der Waals surface area (Å²) in [5, 5.41) is 3.40. The smallest absolute Gasteiger partial charge is 0.253 e. The molecule has 0 bridgehead atoms. The minimum absolute atomic E-state index is 0.0875. The van der Waals surface area contributed by atoms with Crippen LogP contribution in [0.25, 0.3) is 0 Å². The number of amides is 1. The highest BCUT2D eigenvalue weighted by molar-refractivity contribution is 7.90. The van der Waals surface area contributed by atoms with Gasteiger partial charge < -0.3 is 10.2 Å². The molecule has 1 aromatic rings. The van der Waals surface area contributed by atoms with Gasteiger partial charge in [-0.15, -0.1) is 0 Å². The predicted molar refractivity (Wildman–Crippen MR) is 82.2 cm³/mol. The Balaban J connectivity index is 2.08. The largest absolute Gasteiger partial charge is 0.339 e. The van der Waals surface area contributed by atoms with Gasteiger partial charge in [-0.1, -0.05) is 13.0 Å². The Hall–Kier alpha value is -1.40. The molecule has 1 amide bonds. The molecule has 116 valence electrons. The second kappa shape index (κ2) is 6.58. The van der Waals surface area contributed by atoms with Crippen molar-refractivity contribution in [2.75, 3.05) is 25.9 Å². The summed E-state index contributed by atoms with van der Waals surface area (Å²) < 4.78 is 23.1. The number of nitrogens with zero attached hydrogens (tertiary/aromatic N) is 1. The Morgan fingerprint density at radius 2 is 2.00 bits per heavy atom. The predicted octanol–water partition coefficient (Wildman–Crippen LogP) is 1.30. The van der Waals surface area contributed by atoms with Crippen molar-refractivity contribution in [2.24, 2.45) is 0 Å². The summed E-state index contributed by atoms with van der Waals surface area (Å²) in [4.78, 5) is 14.4. The molecule has 0 aromatic heterocycles. The third-order valence-corrected chi connectivity index (χ3v) is 4.89. The second-order valence-electron chi connectivity index (χ2n) is 5.42. The molecule has 21 heavy (non-hydrogen) atoms. The molecular formula is C15H22N2O3S. The van der Waals surface area contributed by atoms with Crippen LogP contribution in [0.4, 0.5) is 0 Å². The first-order valence-electron chi connectivity index (χ1n) is 7.24. The van der Waals surface area contributed by atoms with Gasteiger partial charge in [0.15, 0.2) is 9.84 Å². The number of carbonyl (C=O) groups excluding carboxylic acids is 1. The van der Waals surface area contributed by atoms with Crippen molar-refractivity contribution < 1.29 is 13.2 Å². The van der Waals surface area contributed by atoms with Gasteiger partial charge in [-0.25, -0.2) is 8.42 Å². The minimum atomic E-state index is -3.29. The number of benzene rings is 1. The van der Waals surface area contributed by atoms with E-state index in [1.807, 2.05) is 0 Å². The molecule has 6 heteroatoms. The highest BCUT2D eigenvalue weighted by Gasteiger charge is 2.23. The fourth-order valence-electron chi connectivity index (χ4n) is 2.62. The van der Waals surface area contributed by atoms with Crippen LogP contribution in [0.15, 0.2) is 29.2 Å². The Kier molecular flexibility index (Phi) is 5.00. The Morgan fingerprint density at radius 3 is 2.57 bits per heavy atom. The lowest BCUT2D eigenvalue weighted by Crippen LogP contribution is -2.44. The normalized spacial score (nSPS) is 17.0. The maximum Gasteiger partial charge on any atom is 0.253 e. The molecule has 0 atom stereocenters. The van der Waals surface area contributed by atoms with E-state index in [0.717, 1.165) is 25.6 Å². The van der Waals surface area contributed by atoms with Gasteiger partial charge in [0.25, 0.3) is 5.91 Å². The van der Waals surface area contributed by atoms with Crippen molar-refractivity contribution in [1.82, 2.24) is 10.2 Å². The number of hydrogen-bond acceptors (Lipinski definition) is 4. The zero-order valence-electron chi connectivity index (χ0n) is 12.5. The molecule has 0 spiro atoms. The van der Waals surface area contributed by atoms with E-state index in [0.29, 0.717) is 24.7 Å². The van der Waals surface area contributed by atoms with Gasteiger partial charge in [0, 0.05) is 31.0 Å². The van der Waals surface area contributed by atoms with Crippen LogP contribution in [0.5, 0.6) is 0 Å². The van der Waals surface area contributed by atoms with Crippen LogP contribution in [0, 0.1) is 0 Å². The third kappa shape index (κ3) is 4.04. The highest BCUT2D eigenvalue weighted by atomic mass is 32.2. The van der Waals surface area contributed by atoms with E-state index in [2.05, 4.69) is 12.2 Å². The minimum Gasteiger partial charge on any atom is -0.339 e. The Bertz CT molecular complexity index is 605. The van der Waals surface area contributed by atoms with Crippen molar-refractivity contribution in [1.29, 1.82) is 0 Å². The van der Waals surface area contributed by atoms with Gasteiger partial charge in [-0.05, 0) is 37.6 Å². The van der Waals surface area contributed by atoms with Gasteiger partial charge >= 0.3 is 0 Å². The summed E-state index contributed by atoms with van der Waals surface area (Å²) in [5.74, 6) is -0.0875. The van der Waals surface area contributed by atoms with Crippen molar-refractivity contribution in [3.8, 4) is 0 Å². The summed E-state index contributed by atoms with van der Waals surface area (Å²) in [6, 6.07) is 6.75. The number of piperidine rings is 1.